The molecule has 0 aliphatic carbocycles. The molecule has 1 N–H and O–H groups in total. The minimum Gasteiger partial charge on any atom is -0.507 e. The molecule has 1 aliphatic rings. The Bertz CT molecular complexity index is 582. The second-order valence-electron chi connectivity index (χ2n) is 4.81. The fraction of sp³-hybridized carbons (Fsp3) is 0.250. The van der Waals surface area contributed by atoms with E-state index in [0.717, 1.165) is 17.8 Å². The highest BCUT2D eigenvalue weighted by atomic mass is 16.5. The predicted molar refractivity (Wildman–Crippen MR) is 75.3 cm³/mol. The standard InChI is InChI=1S/C16H17NO2/c1-12-5-4-6-13(11-12)17-9-10-19-16(17)14-7-2-3-8-15(14)18/h2-8,11,16,18H,9-10H2,1H3. The van der Waals surface area contributed by atoms with E-state index in [4.69, 9.17) is 4.74 Å². The van der Waals surface area contributed by atoms with Crippen molar-refractivity contribution in [3.8, 4) is 5.75 Å². The van der Waals surface area contributed by atoms with E-state index in [-0.39, 0.29) is 12.0 Å². The Morgan fingerprint density at radius 3 is 2.79 bits per heavy atom. The third kappa shape index (κ3) is 2.29. The van der Waals surface area contributed by atoms with Gasteiger partial charge in [0.05, 0.1) is 6.61 Å². The normalized spacial score (nSPS) is 18.8. The molecule has 1 heterocycles. The first-order chi connectivity index (χ1) is 9.25. The molecule has 1 saturated heterocycles. The van der Waals surface area contributed by atoms with Crippen molar-refractivity contribution in [2.45, 2.75) is 13.2 Å². The van der Waals surface area contributed by atoms with E-state index in [1.165, 1.54) is 5.56 Å². The molecule has 0 radical (unpaired) electrons. The third-order valence-corrected chi connectivity index (χ3v) is 3.43. The maximum Gasteiger partial charge on any atom is 0.160 e. The summed E-state index contributed by atoms with van der Waals surface area (Å²) in [5.74, 6) is 0.284. The summed E-state index contributed by atoms with van der Waals surface area (Å²) < 4.78 is 5.79. The molecule has 1 fully saturated rings. The highest BCUT2D eigenvalue weighted by molar-refractivity contribution is 5.52. The van der Waals surface area contributed by atoms with Crippen molar-refractivity contribution in [3.05, 3.63) is 59.7 Å². The van der Waals surface area contributed by atoms with Crippen molar-refractivity contribution >= 4 is 5.69 Å². The van der Waals surface area contributed by atoms with Crippen LogP contribution in [-0.4, -0.2) is 18.3 Å². The number of phenolic OH excluding ortho intramolecular Hbond substituents is 1. The number of anilines is 1. The van der Waals surface area contributed by atoms with Crippen LogP contribution < -0.4 is 4.90 Å². The van der Waals surface area contributed by atoms with Gasteiger partial charge in [0.25, 0.3) is 0 Å². The number of aryl methyl sites for hydroxylation is 1. The molecule has 3 nitrogen and oxygen atoms in total. The van der Waals surface area contributed by atoms with Gasteiger partial charge < -0.3 is 14.7 Å². The minimum absolute atomic E-state index is 0.206. The first-order valence-corrected chi connectivity index (χ1v) is 6.48. The van der Waals surface area contributed by atoms with E-state index in [1.54, 1.807) is 6.07 Å². The largest absolute Gasteiger partial charge is 0.507 e. The lowest BCUT2D eigenvalue weighted by molar-refractivity contribution is 0.111. The number of rotatable bonds is 2. The van der Waals surface area contributed by atoms with E-state index < -0.39 is 0 Å². The van der Waals surface area contributed by atoms with Gasteiger partial charge in [-0.1, -0.05) is 30.3 Å². The SMILES string of the molecule is Cc1cccc(N2CCOC2c2ccccc2O)c1. The van der Waals surface area contributed by atoms with Crippen LogP contribution in [0.3, 0.4) is 0 Å². The van der Waals surface area contributed by atoms with Gasteiger partial charge in [0, 0.05) is 17.8 Å². The van der Waals surface area contributed by atoms with Crippen molar-refractivity contribution in [1.82, 2.24) is 0 Å². The molecule has 98 valence electrons. The van der Waals surface area contributed by atoms with Crippen LogP contribution >= 0.6 is 0 Å². The summed E-state index contributed by atoms with van der Waals surface area (Å²) in [4.78, 5) is 2.18. The van der Waals surface area contributed by atoms with Gasteiger partial charge in [-0.15, -0.1) is 0 Å². The van der Waals surface area contributed by atoms with Gasteiger partial charge in [0.15, 0.2) is 6.23 Å². The quantitative estimate of drug-likeness (QED) is 0.894. The lowest BCUT2D eigenvalue weighted by Gasteiger charge is -2.26. The Labute approximate surface area is 113 Å². The van der Waals surface area contributed by atoms with Crippen LogP contribution in [0.5, 0.6) is 5.75 Å². The molecule has 2 aromatic carbocycles. The van der Waals surface area contributed by atoms with E-state index >= 15 is 0 Å². The fourth-order valence-corrected chi connectivity index (χ4v) is 2.50. The number of ether oxygens (including phenoxy) is 1. The molecule has 19 heavy (non-hydrogen) atoms. The Balaban J connectivity index is 1.96. The average Bonchev–Trinajstić information content (AvgIpc) is 2.88. The van der Waals surface area contributed by atoms with Gasteiger partial charge in [-0.3, -0.25) is 0 Å². The number of benzene rings is 2. The van der Waals surface area contributed by atoms with Crippen molar-refractivity contribution in [2.75, 3.05) is 18.1 Å². The third-order valence-electron chi connectivity index (χ3n) is 3.43. The van der Waals surface area contributed by atoms with Crippen LogP contribution in [0, 0.1) is 6.92 Å². The molecule has 1 aliphatic heterocycles. The van der Waals surface area contributed by atoms with Crippen LogP contribution in [0.4, 0.5) is 5.69 Å². The Hall–Kier alpha value is -2.00. The molecular formula is C16H17NO2. The molecule has 3 heteroatoms. The highest BCUT2D eigenvalue weighted by Gasteiger charge is 2.28. The molecular weight excluding hydrogens is 238 g/mol. The maximum atomic E-state index is 9.98. The average molecular weight is 255 g/mol. The molecule has 0 bridgehead atoms. The molecule has 1 atom stereocenters. The molecule has 0 spiro atoms. The van der Waals surface area contributed by atoms with Crippen LogP contribution in [0.25, 0.3) is 0 Å². The lowest BCUT2D eigenvalue weighted by atomic mass is 10.1. The molecule has 0 amide bonds. The summed E-state index contributed by atoms with van der Waals surface area (Å²) in [6.07, 6.45) is -0.206. The van der Waals surface area contributed by atoms with Crippen molar-refractivity contribution in [3.63, 3.8) is 0 Å². The van der Waals surface area contributed by atoms with Crippen LogP contribution in [-0.2, 0) is 4.74 Å². The van der Waals surface area contributed by atoms with Crippen molar-refractivity contribution in [2.24, 2.45) is 0 Å². The summed E-state index contributed by atoms with van der Waals surface area (Å²) in [6.45, 7) is 3.59. The molecule has 2 aromatic rings. The van der Waals surface area contributed by atoms with Crippen LogP contribution in [0.2, 0.25) is 0 Å². The highest BCUT2D eigenvalue weighted by Crippen LogP contribution is 2.36. The van der Waals surface area contributed by atoms with Gasteiger partial charge in [-0.2, -0.15) is 0 Å². The Morgan fingerprint density at radius 2 is 2.00 bits per heavy atom. The monoisotopic (exact) mass is 255 g/mol. The predicted octanol–water partition coefficient (Wildman–Crippen LogP) is 3.24. The molecule has 0 aromatic heterocycles. The minimum atomic E-state index is -0.206. The van der Waals surface area contributed by atoms with E-state index in [0.29, 0.717) is 6.61 Å². The summed E-state index contributed by atoms with van der Waals surface area (Å²) in [5.41, 5.74) is 3.17. The van der Waals surface area contributed by atoms with Crippen LogP contribution in [0.15, 0.2) is 48.5 Å². The molecule has 1 unspecified atom stereocenters. The van der Waals surface area contributed by atoms with Gasteiger partial charge in [0.2, 0.25) is 0 Å². The zero-order valence-electron chi connectivity index (χ0n) is 10.9. The van der Waals surface area contributed by atoms with Crippen molar-refractivity contribution in [1.29, 1.82) is 0 Å². The van der Waals surface area contributed by atoms with Gasteiger partial charge in [0.1, 0.15) is 5.75 Å². The van der Waals surface area contributed by atoms with Crippen LogP contribution in [0.1, 0.15) is 17.4 Å². The van der Waals surface area contributed by atoms with E-state index in [2.05, 4.69) is 30.0 Å². The van der Waals surface area contributed by atoms with Gasteiger partial charge in [-0.25, -0.2) is 0 Å². The summed E-state index contributed by atoms with van der Waals surface area (Å²) in [7, 11) is 0. The van der Waals surface area contributed by atoms with E-state index in [9.17, 15) is 5.11 Å². The zero-order valence-corrected chi connectivity index (χ0v) is 10.9. The second-order valence-corrected chi connectivity index (χ2v) is 4.81. The number of para-hydroxylation sites is 1. The number of phenols is 1. The first kappa shape index (κ1) is 12.1. The zero-order chi connectivity index (χ0) is 13.2. The van der Waals surface area contributed by atoms with Crippen molar-refractivity contribution < 1.29 is 9.84 Å². The van der Waals surface area contributed by atoms with Gasteiger partial charge >= 0.3 is 0 Å². The fourth-order valence-electron chi connectivity index (χ4n) is 2.50. The van der Waals surface area contributed by atoms with Gasteiger partial charge in [-0.05, 0) is 30.7 Å². The van der Waals surface area contributed by atoms with E-state index in [1.807, 2.05) is 24.3 Å². The Kier molecular flexibility index (Phi) is 3.13. The first-order valence-electron chi connectivity index (χ1n) is 6.48. The number of nitrogens with zero attached hydrogens (tertiary/aromatic N) is 1. The smallest absolute Gasteiger partial charge is 0.160 e. The summed E-state index contributed by atoms with van der Waals surface area (Å²) in [5, 5.41) is 9.98. The second kappa shape index (κ2) is 4.94. The molecule has 3 rings (SSSR count). The number of hydrogen-bond acceptors (Lipinski definition) is 3. The lowest BCUT2D eigenvalue weighted by Crippen LogP contribution is -2.23. The number of aromatic hydroxyl groups is 1. The Morgan fingerprint density at radius 1 is 1.16 bits per heavy atom. The topological polar surface area (TPSA) is 32.7 Å². The summed E-state index contributed by atoms with van der Waals surface area (Å²) >= 11 is 0. The molecule has 0 saturated carbocycles. The summed E-state index contributed by atoms with van der Waals surface area (Å²) in [6, 6.07) is 15.7. The maximum absolute atomic E-state index is 9.98. The number of hydrogen-bond donors (Lipinski definition) is 1.